The van der Waals surface area contributed by atoms with Crippen LogP contribution < -0.4 is 11.1 Å². The van der Waals surface area contributed by atoms with Gasteiger partial charge in [0.15, 0.2) is 0 Å². The van der Waals surface area contributed by atoms with Crippen LogP contribution in [0.4, 0.5) is 15.8 Å². The van der Waals surface area contributed by atoms with Crippen LogP contribution in [0.2, 0.25) is 0 Å². The lowest BCUT2D eigenvalue weighted by Crippen LogP contribution is -2.34. The van der Waals surface area contributed by atoms with Crippen molar-refractivity contribution in [1.82, 2.24) is 9.80 Å². The van der Waals surface area contributed by atoms with E-state index < -0.39 is 5.82 Å². The number of likely N-dealkylation sites (tertiary alicyclic amines) is 1. The third-order valence-corrected chi connectivity index (χ3v) is 3.76. The van der Waals surface area contributed by atoms with Crippen LogP contribution >= 0.6 is 0 Å². The number of nitrogens with zero attached hydrogens (tertiary/aromatic N) is 2. The first-order valence-corrected chi connectivity index (χ1v) is 7.16. The summed E-state index contributed by atoms with van der Waals surface area (Å²) in [7, 11) is 4.05. The minimum absolute atomic E-state index is 0.137. The van der Waals surface area contributed by atoms with Crippen molar-refractivity contribution >= 4 is 17.3 Å². The molecule has 1 amide bonds. The number of nitrogens with two attached hydrogens (primary N) is 1. The van der Waals surface area contributed by atoms with Crippen molar-refractivity contribution in [2.24, 2.45) is 5.92 Å². The highest BCUT2D eigenvalue weighted by Crippen LogP contribution is 2.19. The van der Waals surface area contributed by atoms with E-state index in [1.165, 1.54) is 24.6 Å². The zero-order valence-corrected chi connectivity index (χ0v) is 12.6. The molecule has 1 aromatic rings. The first-order chi connectivity index (χ1) is 9.94. The fraction of sp³-hybridized carbons (Fsp3) is 0.533. The molecule has 1 aromatic carbocycles. The van der Waals surface area contributed by atoms with E-state index in [1.54, 1.807) is 0 Å². The van der Waals surface area contributed by atoms with Gasteiger partial charge >= 0.3 is 0 Å². The number of carbonyl (C=O) groups excluding carboxylic acids is 1. The van der Waals surface area contributed by atoms with Gasteiger partial charge in [-0.25, -0.2) is 4.39 Å². The lowest BCUT2D eigenvalue weighted by atomic mass is 10.1. The van der Waals surface area contributed by atoms with E-state index in [0.29, 0.717) is 18.2 Å². The Labute approximate surface area is 124 Å². The molecule has 1 aliphatic heterocycles. The van der Waals surface area contributed by atoms with Gasteiger partial charge in [0.2, 0.25) is 5.91 Å². The molecule has 1 aliphatic rings. The maximum atomic E-state index is 12.9. The second kappa shape index (κ2) is 6.87. The number of hydrogen-bond acceptors (Lipinski definition) is 4. The summed E-state index contributed by atoms with van der Waals surface area (Å²) in [4.78, 5) is 16.3. The predicted octanol–water partition coefficient (Wildman–Crippen LogP) is 1.23. The SMILES string of the molecule is CN1CCC(CN(C)CC(=O)Nc2ccc(F)cc2N)C1. The molecule has 0 radical (unpaired) electrons. The first kappa shape index (κ1) is 15.7. The third kappa shape index (κ3) is 4.68. The molecule has 6 heteroatoms. The Bertz CT molecular complexity index is 508. The smallest absolute Gasteiger partial charge is 0.238 e. The Hall–Kier alpha value is -1.66. The molecule has 21 heavy (non-hydrogen) atoms. The number of likely N-dealkylation sites (N-methyl/N-ethyl adjacent to an activating group) is 1. The van der Waals surface area contributed by atoms with Crippen molar-refractivity contribution in [1.29, 1.82) is 0 Å². The highest BCUT2D eigenvalue weighted by Gasteiger charge is 2.21. The molecule has 1 atom stereocenters. The topological polar surface area (TPSA) is 61.6 Å². The van der Waals surface area contributed by atoms with Gasteiger partial charge in [0.05, 0.1) is 17.9 Å². The van der Waals surface area contributed by atoms with Gasteiger partial charge in [0.1, 0.15) is 5.82 Å². The Kier molecular flexibility index (Phi) is 5.14. The molecular weight excluding hydrogens is 271 g/mol. The lowest BCUT2D eigenvalue weighted by Gasteiger charge is -2.20. The summed E-state index contributed by atoms with van der Waals surface area (Å²) in [6, 6.07) is 3.96. The van der Waals surface area contributed by atoms with Crippen molar-refractivity contribution in [2.45, 2.75) is 6.42 Å². The van der Waals surface area contributed by atoms with E-state index in [1.807, 2.05) is 11.9 Å². The molecule has 5 nitrogen and oxygen atoms in total. The van der Waals surface area contributed by atoms with Crippen LogP contribution in [0.25, 0.3) is 0 Å². The van der Waals surface area contributed by atoms with Gasteiger partial charge < -0.3 is 16.0 Å². The summed E-state index contributed by atoms with van der Waals surface area (Å²) in [5.74, 6) is 0.0684. The minimum atomic E-state index is -0.409. The standard InChI is InChI=1S/C15H23FN4O/c1-19-6-5-11(8-19)9-20(2)10-15(21)18-14-4-3-12(16)7-13(14)17/h3-4,7,11H,5-6,8-10,17H2,1-2H3,(H,18,21). The number of amides is 1. The molecule has 1 heterocycles. The normalized spacial score (nSPS) is 19.1. The second-order valence-electron chi connectivity index (χ2n) is 5.89. The van der Waals surface area contributed by atoms with E-state index in [2.05, 4.69) is 17.3 Å². The van der Waals surface area contributed by atoms with Crippen LogP contribution in [0.5, 0.6) is 0 Å². The molecule has 1 saturated heterocycles. The molecule has 1 fully saturated rings. The molecule has 2 rings (SSSR count). The molecule has 3 N–H and O–H groups in total. The number of benzene rings is 1. The van der Waals surface area contributed by atoms with Crippen LogP contribution in [0.1, 0.15) is 6.42 Å². The number of hydrogen-bond donors (Lipinski definition) is 2. The van der Waals surface area contributed by atoms with Gasteiger partial charge in [-0.2, -0.15) is 0 Å². The molecule has 0 saturated carbocycles. The fourth-order valence-electron chi connectivity index (χ4n) is 2.76. The van der Waals surface area contributed by atoms with Crippen LogP contribution in [-0.2, 0) is 4.79 Å². The van der Waals surface area contributed by atoms with Gasteiger partial charge in [-0.1, -0.05) is 0 Å². The van der Waals surface area contributed by atoms with Crippen molar-refractivity contribution < 1.29 is 9.18 Å². The molecule has 0 bridgehead atoms. The van der Waals surface area contributed by atoms with Crippen molar-refractivity contribution in [3.05, 3.63) is 24.0 Å². The van der Waals surface area contributed by atoms with Gasteiger partial charge in [0.25, 0.3) is 0 Å². The van der Waals surface area contributed by atoms with Gasteiger partial charge in [-0.05, 0) is 51.2 Å². The van der Waals surface area contributed by atoms with Crippen LogP contribution in [0.3, 0.4) is 0 Å². The van der Waals surface area contributed by atoms with E-state index in [0.717, 1.165) is 19.6 Å². The lowest BCUT2D eigenvalue weighted by molar-refractivity contribution is -0.117. The number of carbonyl (C=O) groups is 1. The maximum Gasteiger partial charge on any atom is 0.238 e. The Morgan fingerprint density at radius 2 is 2.33 bits per heavy atom. The van der Waals surface area contributed by atoms with Crippen molar-refractivity contribution in [3.63, 3.8) is 0 Å². The number of nitrogen functional groups attached to an aromatic ring is 1. The molecule has 1 unspecified atom stereocenters. The average Bonchev–Trinajstić information content (AvgIpc) is 2.78. The zero-order chi connectivity index (χ0) is 15.4. The van der Waals surface area contributed by atoms with Gasteiger partial charge in [-0.3, -0.25) is 9.69 Å². The average molecular weight is 294 g/mol. The number of anilines is 2. The van der Waals surface area contributed by atoms with E-state index >= 15 is 0 Å². The minimum Gasteiger partial charge on any atom is -0.397 e. The summed E-state index contributed by atoms with van der Waals surface area (Å²) < 4.78 is 12.9. The Balaban J connectivity index is 1.81. The zero-order valence-electron chi connectivity index (χ0n) is 12.6. The largest absolute Gasteiger partial charge is 0.397 e. The Morgan fingerprint density at radius 1 is 1.57 bits per heavy atom. The summed E-state index contributed by atoms with van der Waals surface area (Å²) in [5, 5.41) is 2.72. The summed E-state index contributed by atoms with van der Waals surface area (Å²) in [5.41, 5.74) is 6.37. The summed E-state index contributed by atoms with van der Waals surface area (Å²) in [6.45, 7) is 3.40. The molecule has 0 aromatic heterocycles. The van der Waals surface area contributed by atoms with Gasteiger partial charge in [-0.15, -0.1) is 0 Å². The number of halogens is 1. The van der Waals surface area contributed by atoms with E-state index in [4.69, 9.17) is 5.73 Å². The Morgan fingerprint density at radius 3 is 2.95 bits per heavy atom. The molecule has 116 valence electrons. The first-order valence-electron chi connectivity index (χ1n) is 7.16. The predicted molar refractivity (Wildman–Crippen MR) is 82.5 cm³/mol. The quantitative estimate of drug-likeness (QED) is 0.802. The second-order valence-corrected chi connectivity index (χ2v) is 5.89. The number of rotatable bonds is 5. The third-order valence-electron chi connectivity index (χ3n) is 3.76. The van der Waals surface area contributed by atoms with Crippen LogP contribution in [-0.4, -0.2) is 56.0 Å². The molecule has 0 spiro atoms. The molecule has 0 aliphatic carbocycles. The summed E-state index contributed by atoms with van der Waals surface area (Å²) >= 11 is 0. The monoisotopic (exact) mass is 294 g/mol. The maximum absolute atomic E-state index is 12.9. The van der Waals surface area contributed by atoms with Crippen LogP contribution in [0, 0.1) is 11.7 Å². The number of nitrogens with one attached hydrogen (secondary N) is 1. The highest BCUT2D eigenvalue weighted by atomic mass is 19.1. The van der Waals surface area contributed by atoms with Gasteiger partial charge in [0, 0.05) is 13.1 Å². The fourth-order valence-corrected chi connectivity index (χ4v) is 2.76. The van der Waals surface area contributed by atoms with Crippen molar-refractivity contribution in [3.8, 4) is 0 Å². The highest BCUT2D eigenvalue weighted by molar-refractivity contribution is 5.95. The summed E-state index contributed by atoms with van der Waals surface area (Å²) in [6.07, 6.45) is 1.17. The van der Waals surface area contributed by atoms with E-state index in [-0.39, 0.29) is 11.6 Å². The van der Waals surface area contributed by atoms with Crippen LogP contribution in [0.15, 0.2) is 18.2 Å². The molecular formula is C15H23FN4O. The van der Waals surface area contributed by atoms with E-state index in [9.17, 15) is 9.18 Å². The van der Waals surface area contributed by atoms with Crippen molar-refractivity contribution in [2.75, 3.05) is 51.3 Å².